The van der Waals surface area contributed by atoms with E-state index >= 15 is 0 Å². The minimum Gasteiger partial charge on any atom is -0.311 e. The molecular weight excluding hydrogens is 1660 g/mol. The molecule has 0 unspecified atom stereocenters. The van der Waals surface area contributed by atoms with Gasteiger partial charge in [0.1, 0.15) is 5.82 Å². The topological polar surface area (TPSA) is 34.2 Å². The average molecular weight is 1760 g/mol. The third-order valence-corrected chi connectivity index (χ3v) is 30.7. The van der Waals surface area contributed by atoms with Crippen LogP contribution in [0.3, 0.4) is 0 Å². The van der Waals surface area contributed by atoms with E-state index < -0.39 is 0 Å². The lowest BCUT2D eigenvalue weighted by Gasteiger charge is -2.35. The van der Waals surface area contributed by atoms with E-state index in [2.05, 4.69) is 516 Å². The van der Waals surface area contributed by atoms with E-state index in [4.69, 9.17) is 4.98 Å². The van der Waals surface area contributed by atoms with Crippen LogP contribution in [-0.2, 0) is 21.7 Å². The fourth-order valence-corrected chi connectivity index (χ4v) is 24.3. The van der Waals surface area contributed by atoms with Gasteiger partial charge in [-0.2, -0.15) is 0 Å². The number of anilines is 6. The molecule has 0 spiro atoms. The van der Waals surface area contributed by atoms with Gasteiger partial charge in [-0.15, -0.1) is 0 Å². The average Bonchev–Trinajstić information content (AvgIpc) is 1.49. The van der Waals surface area contributed by atoms with Gasteiger partial charge in [-0.05, 0) is 261 Å². The SMILES string of the molecule is CC1(C)c2ccccc2-c2c3c1cccc3cc1c2c2ccccc2n1-c1ccc(-c2ccc(N(c3ccccc3)c3ccccc3)cc2)cc1.CC1(C)c2ccccc2-c2c3c1cccc3cc1c2c2ccccc2n1-c1ccccn1.CC1(C)c2ccccc2-c2ccc(N(c3ccccc3)c3ccc(-n4c5ccccc5c5c6c7c(cccc7cc54)C(C)(C)c4ccccc4-6)cc3)cc21. The lowest BCUT2D eigenvalue weighted by molar-refractivity contribution is 0.645. The number of nitrogens with zero attached hydrogens (tertiary/aromatic N) is 6. The van der Waals surface area contributed by atoms with Crippen LogP contribution in [0.15, 0.2) is 449 Å². The summed E-state index contributed by atoms with van der Waals surface area (Å²) in [5.41, 5.74) is 40.5. The molecule has 4 aliphatic rings. The molecule has 28 rings (SSSR count). The molecule has 0 amide bonds. The Bertz CT molecular complexity index is 9010. The van der Waals surface area contributed by atoms with Crippen molar-refractivity contribution in [2.75, 3.05) is 9.80 Å². The molecule has 0 atom stereocenters. The molecule has 6 nitrogen and oxygen atoms in total. The van der Waals surface area contributed by atoms with E-state index in [9.17, 15) is 0 Å². The Morgan fingerprint density at radius 3 is 0.898 bits per heavy atom. The highest BCUT2D eigenvalue weighted by Gasteiger charge is 2.41. The lowest BCUT2D eigenvalue weighted by Crippen LogP contribution is -2.23. The van der Waals surface area contributed by atoms with Crippen molar-refractivity contribution in [2.45, 2.75) is 77.0 Å². The Morgan fingerprint density at radius 1 is 0.197 bits per heavy atom. The van der Waals surface area contributed by atoms with Crippen LogP contribution < -0.4 is 9.80 Å². The zero-order valence-electron chi connectivity index (χ0n) is 77.9. The van der Waals surface area contributed by atoms with Crippen molar-refractivity contribution in [3.05, 3.63) is 494 Å². The van der Waals surface area contributed by atoms with Gasteiger partial charge < -0.3 is 18.9 Å². The van der Waals surface area contributed by atoms with E-state index in [0.29, 0.717) is 0 Å². The van der Waals surface area contributed by atoms with Crippen molar-refractivity contribution in [1.29, 1.82) is 0 Å². The number of fused-ring (bicyclic) bond motifs is 21. The van der Waals surface area contributed by atoms with Gasteiger partial charge in [0, 0.05) is 122 Å². The van der Waals surface area contributed by atoms with E-state index in [-0.39, 0.29) is 21.7 Å². The summed E-state index contributed by atoms with van der Waals surface area (Å²) in [5, 5.41) is 15.8. The van der Waals surface area contributed by atoms with Crippen LogP contribution in [0, 0.1) is 0 Å². The quantitative estimate of drug-likeness (QED) is 0.137. The number of rotatable bonds is 10. The smallest absolute Gasteiger partial charge is 0.137 e. The fourth-order valence-electron chi connectivity index (χ4n) is 24.3. The summed E-state index contributed by atoms with van der Waals surface area (Å²) in [6.45, 7) is 18.9. The van der Waals surface area contributed by atoms with Crippen LogP contribution in [0.25, 0.3) is 171 Å². The maximum atomic E-state index is 4.72. The molecule has 0 N–H and O–H groups in total. The summed E-state index contributed by atoms with van der Waals surface area (Å²) in [5.74, 6) is 0.950. The summed E-state index contributed by atoms with van der Waals surface area (Å²) in [7, 11) is 0. The molecule has 0 aliphatic heterocycles. The van der Waals surface area contributed by atoms with Crippen LogP contribution in [0.1, 0.15) is 99.9 Å². The molecule has 4 aromatic heterocycles. The highest BCUT2D eigenvalue weighted by Crippen LogP contribution is 2.59. The van der Waals surface area contributed by atoms with Crippen molar-refractivity contribution < 1.29 is 0 Å². The Kier molecular flexibility index (Phi) is 18.3. The molecule has 4 aliphatic carbocycles. The van der Waals surface area contributed by atoms with E-state index in [0.717, 1.165) is 51.3 Å². The van der Waals surface area contributed by atoms with Crippen molar-refractivity contribution in [1.82, 2.24) is 18.7 Å². The number of pyridine rings is 1. The maximum absolute atomic E-state index is 4.72. The van der Waals surface area contributed by atoms with Crippen LogP contribution in [0.5, 0.6) is 0 Å². The second-order valence-corrected chi connectivity index (χ2v) is 39.6. The number of para-hydroxylation sites is 6. The van der Waals surface area contributed by atoms with Gasteiger partial charge in [-0.1, -0.05) is 353 Å². The second kappa shape index (κ2) is 31.0. The highest BCUT2D eigenvalue weighted by atomic mass is 15.2. The van der Waals surface area contributed by atoms with Crippen molar-refractivity contribution in [3.63, 3.8) is 0 Å². The summed E-state index contributed by atoms with van der Waals surface area (Å²) < 4.78 is 7.25. The number of hydrogen-bond acceptors (Lipinski definition) is 3. The highest BCUT2D eigenvalue weighted by molar-refractivity contribution is 6.28. The summed E-state index contributed by atoms with van der Waals surface area (Å²) in [6.07, 6.45) is 1.87. The standard InChI is InChI=1S/C52H40N2.C49H36N2.C30H22N2/c1-51(2)43-22-12-9-19-40(43)50-48-33(15-14-23-44(48)51)31-47-49(50)41-20-10-13-24-46(41)54(47)36-27-25-35(26-28-36)53(34-16-6-5-7-17-34)37-29-30-39-38-18-8-11-21-42(38)52(3,4)45(39)32-37;1-49(2)42-21-11-9-19-40(42)48-46-35(14-13-22-43(46)49)32-45-47(48)41-20-10-12-23-44(41)51(45)39-30-26-34(27-31-39)33-24-28-38(29-25-33)50(36-15-5-3-6-16-36)37-17-7-4-8-18-37;1-30(2)22-13-5-3-11-20(22)29-27-19(10-9-14-23(27)30)18-25-28(29)21-12-4-6-15-24(21)32(25)26-16-7-8-17-31-26/h5-32H,1-4H3;3-32H,1-2H3;3-18H,1-2H3. The lowest BCUT2D eigenvalue weighted by atomic mass is 9.68. The van der Waals surface area contributed by atoms with Gasteiger partial charge in [0.15, 0.2) is 0 Å². The normalized spacial score (nSPS) is 13.9. The Labute approximate surface area is 798 Å². The molecule has 24 aromatic rings. The molecule has 0 radical (unpaired) electrons. The maximum Gasteiger partial charge on any atom is 0.137 e. The van der Waals surface area contributed by atoms with Crippen LogP contribution >= 0.6 is 0 Å². The zero-order valence-corrected chi connectivity index (χ0v) is 77.9. The number of benzene rings is 20. The van der Waals surface area contributed by atoms with Crippen molar-refractivity contribution >= 4 is 132 Å². The largest absolute Gasteiger partial charge is 0.311 e. The molecule has 6 heteroatoms. The first-order valence-corrected chi connectivity index (χ1v) is 48.1. The van der Waals surface area contributed by atoms with Gasteiger partial charge in [0.2, 0.25) is 0 Å². The van der Waals surface area contributed by atoms with Crippen LogP contribution in [0.4, 0.5) is 34.1 Å². The monoisotopic (exact) mass is 1750 g/mol. The number of hydrogen-bond donors (Lipinski definition) is 0. The Hall–Kier alpha value is -16.7. The first-order valence-electron chi connectivity index (χ1n) is 48.1. The molecule has 0 saturated heterocycles. The molecule has 20 aromatic carbocycles. The van der Waals surface area contributed by atoms with Crippen molar-refractivity contribution in [2.24, 2.45) is 0 Å². The molecule has 0 fully saturated rings. The molecule has 0 bridgehead atoms. The molecular formula is C131H98N6. The molecule has 4 heterocycles. The van der Waals surface area contributed by atoms with Gasteiger partial charge in [0.05, 0.1) is 33.1 Å². The minimum atomic E-state index is -0.0891. The van der Waals surface area contributed by atoms with E-state index in [1.54, 1.807) is 0 Å². The summed E-state index contributed by atoms with van der Waals surface area (Å²) >= 11 is 0. The second-order valence-electron chi connectivity index (χ2n) is 39.6. The van der Waals surface area contributed by atoms with Gasteiger partial charge in [-0.3, -0.25) is 4.57 Å². The van der Waals surface area contributed by atoms with E-state index in [1.807, 2.05) is 12.3 Å². The van der Waals surface area contributed by atoms with Crippen LogP contribution in [-0.4, -0.2) is 18.7 Å². The first-order chi connectivity index (χ1) is 67.1. The Morgan fingerprint density at radius 2 is 0.489 bits per heavy atom. The number of aromatic nitrogens is 4. The Balaban J connectivity index is 0.000000110. The van der Waals surface area contributed by atoms with E-state index in [1.165, 1.54) is 198 Å². The van der Waals surface area contributed by atoms with Crippen LogP contribution in [0.2, 0.25) is 0 Å². The van der Waals surface area contributed by atoms with Crippen molar-refractivity contribution in [3.8, 4) is 72.8 Å². The van der Waals surface area contributed by atoms with Gasteiger partial charge >= 0.3 is 0 Å². The van der Waals surface area contributed by atoms with Gasteiger partial charge in [0.25, 0.3) is 0 Å². The zero-order chi connectivity index (χ0) is 91.9. The predicted octanol–water partition coefficient (Wildman–Crippen LogP) is 35.0. The summed E-state index contributed by atoms with van der Waals surface area (Å²) in [4.78, 5) is 9.41. The molecule has 0 saturated carbocycles. The summed E-state index contributed by atoms with van der Waals surface area (Å²) in [6, 6.07) is 162. The predicted molar refractivity (Wildman–Crippen MR) is 578 cm³/mol. The minimum absolute atomic E-state index is 0.0455. The fraction of sp³-hybridized carbons (Fsp3) is 0.0916. The molecule has 137 heavy (non-hydrogen) atoms. The van der Waals surface area contributed by atoms with Gasteiger partial charge in [-0.25, -0.2) is 4.98 Å². The third-order valence-electron chi connectivity index (χ3n) is 30.7. The third kappa shape index (κ3) is 12.3. The first kappa shape index (κ1) is 81.1. The molecule has 652 valence electrons.